The van der Waals surface area contributed by atoms with Crippen LogP contribution in [0.3, 0.4) is 0 Å². The summed E-state index contributed by atoms with van der Waals surface area (Å²) in [4.78, 5) is 27.5. The number of hydrogen-bond acceptors (Lipinski definition) is 5. The molecule has 0 spiro atoms. The van der Waals surface area contributed by atoms with Gasteiger partial charge in [0.25, 0.3) is 0 Å². The molecule has 2 atom stereocenters. The van der Waals surface area contributed by atoms with Crippen molar-refractivity contribution in [2.24, 2.45) is 0 Å². The quantitative estimate of drug-likeness (QED) is 0.575. The summed E-state index contributed by atoms with van der Waals surface area (Å²) in [6.07, 6.45) is 1.76. The fraction of sp³-hybridized carbons (Fsp3) is 0.407. The van der Waals surface area contributed by atoms with Gasteiger partial charge in [-0.1, -0.05) is 42.5 Å². The van der Waals surface area contributed by atoms with Crippen LogP contribution in [0.5, 0.6) is 5.75 Å². The maximum atomic E-state index is 12.9. The van der Waals surface area contributed by atoms with E-state index in [9.17, 15) is 9.59 Å². The van der Waals surface area contributed by atoms with Crippen LogP contribution < -0.4 is 4.74 Å². The van der Waals surface area contributed by atoms with Crippen molar-refractivity contribution in [2.75, 3.05) is 7.11 Å². The standard InChI is InChI=1S/C27H31NO5/c1-27(2,3)33-26(30)28-20-12-15-23(28)24(25(29)31-4)22(16-20)19-10-13-21(14-11-19)32-17-18-8-6-5-7-9-18/h5-11,13-14,20,23H,12,15-17H2,1-4H3. The van der Waals surface area contributed by atoms with Gasteiger partial charge >= 0.3 is 12.1 Å². The Morgan fingerprint density at radius 1 is 1.00 bits per heavy atom. The van der Waals surface area contributed by atoms with Crippen LogP contribution in [0.15, 0.2) is 60.2 Å². The van der Waals surface area contributed by atoms with Crippen molar-refractivity contribution >= 4 is 17.6 Å². The van der Waals surface area contributed by atoms with Gasteiger partial charge in [0.2, 0.25) is 0 Å². The van der Waals surface area contributed by atoms with Crippen molar-refractivity contribution in [3.8, 4) is 5.75 Å². The van der Waals surface area contributed by atoms with Crippen molar-refractivity contribution in [2.45, 2.75) is 64.3 Å². The molecule has 0 aliphatic carbocycles. The molecule has 0 N–H and O–H groups in total. The maximum Gasteiger partial charge on any atom is 0.411 e. The number of carbonyl (C=O) groups is 2. The van der Waals surface area contributed by atoms with Gasteiger partial charge in [-0.05, 0) is 68.9 Å². The molecule has 2 aliphatic rings. The van der Waals surface area contributed by atoms with Gasteiger partial charge in [-0.2, -0.15) is 0 Å². The lowest BCUT2D eigenvalue weighted by molar-refractivity contribution is -0.136. The van der Waals surface area contributed by atoms with Gasteiger partial charge in [0.1, 0.15) is 18.0 Å². The van der Waals surface area contributed by atoms with Gasteiger partial charge in [-0.3, -0.25) is 4.90 Å². The first-order chi connectivity index (χ1) is 15.8. The Hall–Kier alpha value is -3.28. The van der Waals surface area contributed by atoms with Crippen LogP contribution in [0, 0.1) is 0 Å². The minimum atomic E-state index is -0.596. The molecule has 2 aromatic carbocycles. The number of fused-ring (bicyclic) bond motifs is 2. The van der Waals surface area contributed by atoms with E-state index >= 15 is 0 Å². The minimum Gasteiger partial charge on any atom is -0.489 e. The molecule has 33 heavy (non-hydrogen) atoms. The maximum absolute atomic E-state index is 12.9. The molecular formula is C27H31NO5. The molecular weight excluding hydrogens is 418 g/mol. The third-order valence-corrected chi connectivity index (χ3v) is 6.06. The summed E-state index contributed by atoms with van der Waals surface area (Å²) < 4.78 is 16.7. The van der Waals surface area contributed by atoms with Gasteiger partial charge in [-0.25, -0.2) is 9.59 Å². The minimum absolute atomic E-state index is 0.00210. The lowest BCUT2D eigenvalue weighted by Gasteiger charge is -2.38. The zero-order chi connectivity index (χ0) is 23.6. The Morgan fingerprint density at radius 2 is 1.70 bits per heavy atom. The fourth-order valence-corrected chi connectivity index (χ4v) is 4.64. The molecule has 4 rings (SSSR count). The van der Waals surface area contributed by atoms with E-state index in [1.807, 2.05) is 75.4 Å². The highest BCUT2D eigenvalue weighted by atomic mass is 16.6. The molecule has 1 amide bonds. The van der Waals surface area contributed by atoms with Crippen LogP contribution >= 0.6 is 0 Å². The average molecular weight is 450 g/mol. The smallest absolute Gasteiger partial charge is 0.411 e. The van der Waals surface area contributed by atoms with Crippen LogP contribution in [0.1, 0.15) is 51.2 Å². The largest absolute Gasteiger partial charge is 0.489 e. The number of benzene rings is 2. The molecule has 174 valence electrons. The molecule has 2 bridgehead atoms. The van der Waals surface area contributed by atoms with Crippen molar-refractivity contribution in [3.63, 3.8) is 0 Å². The molecule has 1 fully saturated rings. The molecule has 2 aliphatic heterocycles. The number of nitrogens with zero attached hydrogens (tertiary/aromatic N) is 1. The van der Waals surface area contributed by atoms with E-state index in [1.165, 1.54) is 7.11 Å². The van der Waals surface area contributed by atoms with Crippen molar-refractivity contribution in [1.82, 2.24) is 4.90 Å². The van der Waals surface area contributed by atoms with Crippen LogP contribution in [-0.2, 0) is 20.9 Å². The van der Waals surface area contributed by atoms with Gasteiger partial charge < -0.3 is 14.2 Å². The van der Waals surface area contributed by atoms with E-state index in [2.05, 4.69) is 0 Å². The molecule has 6 nitrogen and oxygen atoms in total. The van der Waals surface area contributed by atoms with E-state index in [4.69, 9.17) is 14.2 Å². The van der Waals surface area contributed by atoms with Crippen LogP contribution in [0.4, 0.5) is 4.79 Å². The van der Waals surface area contributed by atoms with Gasteiger partial charge in [-0.15, -0.1) is 0 Å². The van der Waals surface area contributed by atoms with E-state index in [0.29, 0.717) is 18.6 Å². The Labute approximate surface area is 195 Å². The van der Waals surface area contributed by atoms with Crippen molar-refractivity contribution < 1.29 is 23.8 Å². The molecule has 6 heteroatoms. The fourth-order valence-electron chi connectivity index (χ4n) is 4.64. The summed E-state index contributed by atoms with van der Waals surface area (Å²) in [7, 11) is 1.38. The zero-order valence-electron chi connectivity index (χ0n) is 19.7. The number of hydrogen-bond donors (Lipinski definition) is 0. The summed E-state index contributed by atoms with van der Waals surface area (Å²) in [5.41, 5.74) is 2.94. The molecule has 0 aromatic heterocycles. The molecule has 2 aromatic rings. The number of rotatable bonds is 5. The second-order valence-electron chi connectivity index (χ2n) is 9.52. The number of methoxy groups -OCH3 is 1. The zero-order valence-corrected chi connectivity index (χ0v) is 19.7. The topological polar surface area (TPSA) is 65.1 Å². The average Bonchev–Trinajstić information content (AvgIpc) is 3.11. The third-order valence-electron chi connectivity index (χ3n) is 6.06. The lowest BCUT2D eigenvalue weighted by Crippen LogP contribution is -2.48. The van der Waals surface area contributed by atoms with E-state index in [1.54, 1.807) is 4.90 Å². The highest BCUT2D eigenvalue weighted by molar-refractivity contribution is 6.00. The Balaban J connectivity index is 1.58. The Kier molecular flexibility index (Phi) is 6.45. The summed E-state index contributed by atoms with van der Waals surface area (Å²) in [5, 5.41) is 0. The third kappa shape index (κ3) is 5.05. The molecule has 2 unspecified atom stereocenters. The summed E-state index contributed by atoms with van der Waals surface area (Å²) in [6, 6.07) is 17.4. The SMILES string of the molecule is COC(=O)C1=C(c2ccc(OCc3ccccc3)cc2)CC2CCC1N2C(=O)OC(C)(C)C. The second kappa shape index (κ2) is 9.30. The normalized spacial score (nSPS) is 19.9. The van der Waals surface area contributed by atoms with Gasteiger partial charge in [0.05, 0.1) is 18.7 Å². The number of esters is 1. The monoisotopic (exact) mass is 449 g/mol. The van der Waals surface area contributed by atoms with Gasteiger partial charge in [0.15, 0.2) is 0 Å². The molecule has 0 radical (unpaired) electrons. The highest BCUT2D eigenvalue weighted by Gasteiger charge is 2.47. The van der Waals surface area contributed by atoms with E-state index < -0.39 is 11.6 Å². The first-order valence-corrected chi connectivity index (χ1v) is 11.4. The summed E-state index contributed by atoms with van der Waals surface area (Å²) >= 11 is 0. The van der Waals surface area contributed by atoms with Crippen LogP contribution in [0.25, 0.3) is 5.57 Å². The molecule has 0 saturated carbocycles. The lowest BCUT2D eigenvalue weighted by atomic mass is 9.88. The molecule has 1 saturated heterocycles. The Bertz CT molecular complexity index is 1040. The van der Waals surface area contributed by atoms with Crippen LogP contribution in [0.2, 0.25) is 0 Å². The van der Waals surface area contributed by atoms with Crippen molar-refractivity contribution in [3.05, 3.63) is 71.3 Å². The summed E-state index contributed by atoms with van der Waals surface area (Å²) in [6.45, 7) is 6.03. The van der Waals surface area contributed by atoms with Crippen molar-refractivity contribution in [1.29, 1.82) is 0 Å². The number of ether oxygens (including phenoxy) is 3. The van der Waals surface area contributed by atoms with Crippen LogP contribution in [-0.4, -0.2) is 41.8 Å². The first kappa shape index (κ1) is 22.9. The first-order valence-electron chi connectivity index (χ1n) is 11.4. The number of carbonyl (C=O) groups excluding carboxylic acids is 2. The Morgan fingerprint density at radius 3 is 2.33 bits per heavy atom. The van der Waals surface area contributed by atoms with E-state index in [-0.39, 0.29) is 18.2 Å². The molecule has 2 heterocycles. The highest BCUT2D eigenvalue weighted by Crippen LogP contribution is 2.44. The predicted molar refractivity (Wildman–Crippen MR) is 126 cm³/mol. The number of amides is 1. The second-order valence-corrected chi connectivity index (χ2v) is 9.52. The van der Waals surface area contributed by atoms with Gasteiger partial charge in [0, 0.05) is 6.04 Å². The summed E-state index contributed by atoms with van der Waals surface area (Å²) in [5.74, 6) is 0.366. The predicted octanol–water partition coefficient (Wildman–Crippen LogP) is 5.36. The van der Waals surface area contributed by atoms with E-state index in [0.717, 1.165) is 35.3 Å².